The minimum Gasteiger partial charge on any atom is -0.756 e. The maximum atomic E-state index is 11.9. The first kappa shape index (κ1) is 34.6. The van der Waals surface area contributed by atoms with E-state index >= 15 is 0 Å². The Morgan fingerprint density at radius 3 is 1.70 bits per heavy atom. The van der Waals surface area contributed by atoms with Crippen molar-refractivity contribution in [2.75, 3.05) is 46.0 Å². The molecular weight excluding hydrogens is 476 g/mol. The molecule has 13 heteroatoms. The van der Waals surface area contributed by atoms with Crippen molar-refractivity contribution in [2.24, 2.45) is 0 Å². The molecule has 0 bridgehead atoms. The highest BCUT2D eigenvalue weighted by Crippen LogP contribution is 2.38. The zero-order chi connectivity index (χ0) is 26.0. The molecule has 0 heterocycles. The predicted molar refractivity (Wildman–Crippen MR) is 124 cm³/mol. The molecule has 0 aromatic heterocycles. The van der Waals surface area contributed by atoms with Gasteiger partial charge in [0.25, 0.3) is 7.82 Å². The number of esters is 1. The smallest absolute Gasteiger partial charge is 0.466 e. The zero-order valence-corrected chi connectivity index (χ0v) is 22.2. The standard InChI is InChI=1S/C20H40NO6P.H3O4P/c1-6-12-21(13-7-2,14-8-3)15-18-27-28(23,24)26-17-11-9-10-16-25-20(22)19(4)5;1-5(2,3)4/h4,6-18H2,1-3,5H3;(H3,1,2,3,4). The summed E-state index contributed by atoms with van der Waals surface area (Å²) in [6.07, 6.45) is 5.10. The van der Waals surface area contributed by atoms with Gasteiger partial charge in [-0.05, 0) is 45.4 Å². The number of nitrogens with zero attached hydrogens (tertiary/aromatic N) is 1. The van der Waals surface area contributed by atoms with Crippen molar-refractivity contribution >= 4 is 21.6 Å². The number of hydrogen-bond acceptors (Lipinski definition) is 7. The van der Waals surface area contributed by atoms with Crippen molar-refractivity contribution in [1.82, 2.24) is 0 Å². The van der Waals surface area contributed by atoms with Crippen LogP contribution >= 0.6 is 15.6 Å². The van der Waals surface area contributed by atoms with E-state index in [-0.39, 0.29) is 13.2 Å². The van der Waals surface area contributed by atoms with E-state index in [4.69, 9.17) is 33.0 Å². The van der Waals surface area contributed by atoms with E-state index in [0.717, 1.165) is 43.4 Å². The molecule has 0 aromatic carbocycles. The Morgan fingerprint density at radius 1 is 0.848 bits per heavy atom. The molecule has 0 aliphatic carbocycles. The minimum atomic E-state index is -4.64. The topological polar surface area (TPSA) is 163 Å². The van der Waals surface area contributed by atoms with E-state index in [0.29, 0.717) is 38.0 Å². The lowest BCUT2D eigenvalue weighted by atomic mass is 10.2. The van der Waals surface area contributed by atoms with Gasteiger partial charge in [-0.25, -0.2) is 9.36 Å². The Hall–Kier alpha value is -0.610. The molecule has 0 saturated heterocycles. The zero-order valence-electron chi connectivity index (χ0n) is 20.4. The van der Waals surface area contributed by atoms with Gasteiger partial charge < -0.3 is 37.8 Å². The average Bonchev–Trinajstić information content (AvgIpc) is 2.66. The van der Waals surface area contributed by atoms with Crippen LogP contribution in [0, 0.1) is 0 Å². The van der Waals surface area contributed by atoms with Gasteiger partial charge >= 0.3 is 13.8 Å². The summed E-state index contributed by atoms with van der Waals surface area (Å²) in [5, 5.41) is 0. The van der Waals surface area contributed by atoms with Crippen LogP contribution in [0.2, 0.25) is 0 Å². The number of phosphoric acid groups is 2. The number of phosphoric ester groups is 1. The van der Waals surface area contributed by atoms with Crippen LogP contribution in [0.4, 0.5) is 0 Å². The van der Waals surface area contributed by atoms with Crippen LogP contribution in [0.3, 0.4) is 0 Å². The summed E-state index contributed by atoms with van der Waals surface area (Å²) in [5.41, 5.74) is 0.368. The minimum absolute atomic E-state index is 0.0775. The number of carbonyl (C=O) groups excluding carboxylic acids is 1. The Kier molecular flexibility index (Phi) is 19.6. The maximum absolute atomic E-state index is 11.9. The molecule has 0 amide bonds. The molecule has 33 heavy (non-hydrogen) atoms. The highest BCUT2D eigenvalue weighted by atomic mass is 31.2. The van der Waals surface area contributed by atoms with Gasteiger partial charge in [0.05, 0.1) is 32.8 Å². The van der Waals surface area contributed by atoms with Gasteiger partial charge in [-0.3, -0.25) is 4.57 Å². The number of unbranched alkanes of at least 4 members (excludes halogenated alkanes) is 2. The average molecular weight is 520 g/mol. The molecule has 198 valence electrons. The van der Waals surface area contributed by atoms with Gasteiger partial charge in [0.2, 0.25) is 0 Å². The van der Waals surface area contributed by atoms with E-state index in [1.165, 1.54) is 0 Å². The SMILES string of the molecule is C=C(C)C(=O)OCCCCCOP(=O)([O-])OCC[N+](CCC)(CCC)CCC.O=P(O)(O)O. The molecule has 0 aliphatic heterocycles. The Labute approximate surface area is 198 Å². The van der Waals surface area contributed by atoms with Crippen LogP contribution in [0.15, 0.2) is 12.2 Å². The summed E-state index contributed by atoms with van der Waals surface area (Å²) in [4.78, 5) is 44.7. The fraction of sp³-hybridized carbons (Fsp3) is 0.850. The first-order chi connectivity index (χ1) is 15.2. The van der Waals surface area contributed by atoms with Crippen LogP contribution in [-0.4, -0.2) is 71.1 Å². The third-order valence-electron chi connectivity index (χ3n) is 4.53. The molecule has 0 fully saturated rings. The Bertz CT molecular complexity index is 613. The van der Waals surface area contributed by atoms with Gasteiger partial charge in [0.1, 0.15) is 13.2 Å². The van der Waals surface area contributed by atoms with Crippen LogP contribution < -0.4 is 4.89 Å². The number of ether oxygens (including phenoxy) is 1. The fourth-order valence-electron chi connectivity index (χ4n) is 3.32. The third kappa shape index (κ3) is 22.9. The van der Waals surface area contributed by atoms with Crippen LogP contribution in [0.5, 0.6) is 0 Å². The molecule has 0 saturated carbocycles. The van der Waals surface area contributed by atoms with Crippen molar-refractivity contribution < 1.29 is 51.8 Å². The lowest BCUT2D eigenvalue weighted by Crippen LogP contribution is -2.51. The first-order valence-electron chi connectivity index (χ1n) is 11.3. The van der Waals surface area contributed by atoms with E-state index in [9.17, 15) is 14.3 Å². The molecule has 0 rings (SSSR count). The molecular formula is C20H43NO10P2. The van der Waals surface area contributed by atoms with E-state index in [2.05, 4.69) is 27.4 Å². The number of hydrogen-bond donors (Lipinski definition) is 3. The molecule has 0 aromatic rings. The van der Waals surface area contributed by atoms with Crippen molar-refractivity contribution in [1.29, 1.82) is 0 Å². The van der Waals surface area contributed by atoms with Gasteiger partial charge in [-0.15, -0.1) is 0 Å². The van der Waals surface area contributed by atoms with Crippen molar-refractivity contribution in [3.63, 3.8) is 0 Å². The molecule has 1 unspecified atom stereocenters. The number of rotatable bonds is 18. The lowest BCUT2D eigenvalue weighted by molar-refractivity contribution is -0.928. The normalized spacial score (nSPS) is 13.6. The summed E-state index contributed by atoms with van der Waals surface area (Å²) in [6.45, 7) is 15.9. The Balaban J connectivity index is 0. The van der Waals surface area contributed by atoms with Crippen molar-refractivity contribution in [2.45, 2.75) is 66.2 Å². The van der Waals surface area contributed by atoms with Crippen LogP contribution in [0.25, 0.3) is 0 Å². The summed E-state index contributed by atoms with van der Waals surface area (Å²) >= 11 is 0. The molecule has 0 aliphatic rings. The lowest BCUT2D eigenvalue weighted by Gasteiger charge is -2.39. The number of carbonyl (C=O) groups is 1. The van der Waals surface area contributed by atoms with Crippen LogP contribution in [-0.2, 0) is 27.7 Å². The van der Waals surface area contributed by atoms with E-state index < -0.39 is 21.6 Å². The quantitative estimate of drug-likeness (QED) is 0.0807. The summed E-state index contributed by atoms with van der Waals surface area (Å²) < 4.78 is 36.7. The Morgan fingerprint density at radius 2 is 1.27 bits per heavy atom. The number of quaternary nitrogens is 1. The third-order valence-corrected chi connectivity index (χ3v) is 5.53. The predicted octanol–water partition coefficient (Wildman–Crippen LogP) is 2.90. The monoisotopic (exact) mass is 519 g/mol. The van der Waals surface area contributed by atoms with Gasteiger partial charge in [-0.1, -0.05) is 27.4 Å². The molecule has 0 radical (unpaired) electrons. The maximum Gasteiger partial charge on any atom is 0.466 e. The largest absolute Gasteiger partial charge is 0.756 e. The summed E-state index contributed by atoms with van der Waals surface area (Å²) in [7, 11) is -8.92. The molecule has 11 nitrogen and oxygen atoms in total. The van der Waals surface area contributed by atoms with E-state index in [1.807, 2.05) is 0 Å². The van der Waals surface area contributed by atoms with Gasteiger partial charge in [-0.2, -0.15) is 0 Å². The van der Waals surface area contributed by atoms with Crippen molar-refractivity contribution in [3.8, 4) is 0 Å². The van der Waals surface area contributed by atoms with Gasteiger partial charge in [0, 0.05) is 5.57 Å². The second-order valence-corrected chi connectivity index (χ2v) is 10.3. The first-order valence-corrected chi connectivity index (χ1v) is 14.3. The second kappa shape index (κ2) is 18.7. The second-order valence-electron chi connectivity index (χ2n) is 7.84. The highest BCUT2D eigenvalue weighted by molar-refractivity contribution is 7.45. The van der Waals surface area contributed by atoms with Crippen molar-refractivity contribution in [3.05, 3.63) is 12.2 Å². The van der Waals surface area contributed by atoms with Gasteiger partial charge in [0.15, 0.2) is 0 Å². The summed E-state index contributed by atoms with van der Waals surface area (Å²) in [5.74, 6) is -0.405. The fourth-order valence-corrected chi connectivity index (χ4v) is 4.06. The molecule has 1 atom stereocenters. The summed E-state index contributed by atoms with van der Waals surface area (Å²) in [6, 6.07) is 0. The molecule has 0 spiro atoms. The van der Waals surface area contributed by atoms with E-state index in [1.54, 1.807) is 6.92 Å². The highest BCUT2D eigenvalue weighted by Gasteiger charge is 2.25. The molecule has 3 N–H and O–H groups in total. The van der Waals surface area contributed by atoms with Crippen LogP contribution in [0.1, 0.15) is 66.2 Å².